The van der Waals surface area contributed by atoms with E-state index in [2.05, 4.69) is 55.5 Å². The highest BCUT2D eigenvalue weighted by Gasteiger charge is 1.94. The van der Waals surface area contributed by atoms with Crippen molar-refractivity contribution in [2.45, 2.75) is 39.0 Å². The Morgan fingerprint density at radius 1 is 0.895 bits per heavy atom. The molecule has 0 aliphatic carbocycles. The summed E-state index contributed by atoms with van der Waals surface area (Å²) in [6, 6.07) is 16.7. The number of fused-ring (bicyclic) bond motifs is 1. The third kappa shape index (κ3) is 6.61. The first-order valence-corrected chi connectivity index (χ1v) is 6.89. The van der Waals surface area contributed by atoms with Crippen LogP contribution in [-0.4, -0.2) is 11.1 Å². The Hall–Kier alpha value is -1.83. The van der Waals surface area contributed by atoms with Crippen LogP contribution >= 0.6 is 0 Å². The van der Waals surface area contributed by atoms with E-state index in [0.717, 1.165) is 19.3 Å². The molecule has 0 atom stereocenters. The van der Waals surface area contributed by atoms with Gasteiger partial charge in [0.1, 0.15) is 0 Å². The Balaban J connectivity index is 0.000000192. The third-order valence-electron chi connectivity index (χ3n) is 2.90. The van der Waals surface area contributed by atoms with Crippen LogP contribution in [0.5, 0.6) is 0 Å². The maximum Gasteiger partial charge on any atom is 0.303 e. The number of unbranched alkanes of at least 4 members (excludes halogenated alkanes) is 3. The fourth-order valence-corrected chi connectivity index (χ4v) is 1.84. The summed E-state index contributed by atoms with van der Waals surface area (Å²) in [7, 11) is 0. The molecule has 0 aromatic heterocycles. The monoisotopic (exact) mass is 258 g/mol. The van der Waals surface area contributed by atoms with Gasteiger partial charge in [0.2, 0.25) is 0 Å². The highest BCUT2D eigenvalue weighted by molar-refractivity contribution is 5.81. The molecular weight excluding hydrogens is 236 g/mol. The number of aliphatic carboxylic acids is 1. The topological polar surface area (TPSA) is 37.3 Å². The molecule has 0 aliphatic rings. The molecule has 19 heavy (non-hydrogen) atoms. The lowest BCUT2D eigenvalue weighted by atomic mass is 10.1. The summed E-state index contributed by atoms with van der Waals surface area (Å²) >= 11 is 0. The Morgan fingerprint density at radius 2 is 1.37 bits per heavy atom. The van der Waals surface area contributed by atoms with Gasteiger partial charge in [-0.15, -0.1) is 0 Å². The Morgan fingerprint density at radius 3 is 1.74 bits per heavy atom. The molecule has 0 bridgehead atoms. The van der Waals surface area contributed by atoms with Crippen molar-refractivity contribution in [2.75, 3.05) is 0 Å². The minimum Gasteiger partial charge on any atom is -0.481 e. The van der Waals surface area contributed by atoms with E-state index in [-0.39, 0.29) is 0 Å². The van der Waals surface area contributed by atoms with E-state index in [1.54, 1.807) is 0 Å². The van der Waals surface area contributed by atoms with Gasteiger partial charge in [0.05, 0.1) is 0 Å². The molecule has 0 spiro atoms. The molecule has 102 valence electrons. The summed E-state index contributed by atoms with van der Waals surface area (Å²) in [5, 5.41) is 10.8. The summed E-state index contributed by atoms with van der Waals surface area (Å²) in [4.78, 5) is 9.96. The number of hydrogen-bond donors (Lipinski definition) is 1. The van der Waals surface area contributed by atoms with Gasteiger partial charge in [-0.3, -0.25) is 4.79 Å². The lowest BCUT2D eigenvalue weighted by Gasteiger charge is -1.92. The second-order valence-electron chi connectivity index (χ2n) is 4.55. The first-order chi connectivity index (χ1) is 9.24. The van der Waals surface area contributed by atoms with Gasteiger partial charge in [-0.2, -0.15) is 0 Å². The first kappa shape index (κ1) is 15.2. The molecular formula is C17H22O2. The summed E-state index contributed by atoms with van der Waals surface area (Å²) in [5.41, 5.74) is 0. The fraction of sp³-hybridized carbons (Fsp3) is 0.353. The van der Waals surface area contributed by atoms with Gasteiger partial charge >= 0.3 is 5.97 Å². The highest BCUT2D eigenvalue weighted by Crippen LogP contribution is 2.11. The largest absolute Gasteiger partial charge is 0.481 e. The minimum atomic E-state index is -0.675. The lowest BCUT2D eigenvalue weighted by Crippen LogP contribution is -1.92. The maximum absolute atomic E-state index is 9.96. The van der Waals surface area contributed by atoms with Crippen LogP contribution in [0.25, 0.3) is 10.8 Å². The molecule has 0 saturated carbocycles. The molecule has 2 rings (SSSR count). The van der Waals surface area contributed by atoms with E-state index in [9.17, 15) is 4.79 Å². The van der Waals surface area contributed by atoms with Gasteiger partial charge in [-0.1, -0.05) is 74.7 Å². The SMILES string of the molecule is CCCCCCC(=O)O.c1ccc2ccccc2c1. The van der Waals surface area contributed by atoms with Gasteiger partial charge < -0.3 is 5.11 Å². The zero-order valence-electron chi connectivity index (χ0n) is 11.5. The van der Waals surface area contributed by atoms with Crippen LogP contribution in [0.1, 0.15) is 39.0 Å². The van der Waals surface area contributed by atoms with Crippen molar-refractivity contribution in [2.24, 2.45) is 0 Å². The van der Waals surface area contributed by atoms with Crippen molar-refractivity contribution in [1.82, 2.24) is 0 Å². The molecule has 1 N–H and O–H groups in total. The van der Waals surface area contributed by atoms with Crippen molar-refractivity contribution >= 4 is 16.7 Å². The van der Waals surface area contributed by atoms with Crippen molar-refractivity contribution in [3.8, 4) is 0 Å². The minimum absolute atomic E-state index is 0.333. The van der Waals surface area contributed by atoms with Gasteiger partial charge in [0.15, 0.2) is 0 Å². The maximum atomic E-state index is 9.96. The summed E-state index contributed by atoms with van der Waals surface area (Å²) in [6.07, 6.45) is 4.55. The zero-order valence-corrected chi connectivity index (χ0v) is 11.5. The fourth-order valence-electron chi connectivity index (χ4n) is 1.84. The molecule has 0 heterocycles. The standard InChI is InChI=1S/C10H8.C7H14O2/c1-2-6-10-8-4-3-7-9(10)5-1;1-2-3-4-5-6-7(8)9/h1-8H;2-6H2,1H3,(H,8,9). The van der Waals surface area contributed by atoms with Gasteiger partial charge in [-0.25, -0.2) is 0 Å². The summed E-state index contributed by atoms with van der Waals surface area (Å²) < 4.78 is 0. The van der Waals surface area contributed by atoms with E-state index in [0.29, 0.717) is 6.42 Å². The molecule has 2 aromatic carbocycles. The van der Waals surface area contributed by atoms with E-state index in [4.69, 9.17) is 5.11 Å². The first-order valence-electron chi connectivity index (χ1n) is 6.89. The normalized spacial score (nSPS) is 9.74. The zero-order chi connectivity index (χ0) is 13.9. The van der Waals surface area contributed by atoms with E-state index >= 15 is 0 Å². The molecule has 2 heteroatoms. The Kier molecular flexibility index (Phi) is 7.33. The van der Waals surface area contributed by atoms with Crippen molar-refractivity contribution < 1.29 is 9.90 Å². The van der Waals surface area contributed by atoms with Gasteiger partial charge in [0.25, 0.3) is 0 Å². The van der Waals surface area contributed by atoms with Crippen LogP contribution < -0.4 is 0 Å². The highest BCUT2D eigenvalue weighted by atomic mass is 16.4. The summed E-state index contributed by atoms with van der Waals surface area (Å²) in [6.45, 7) is 2.11. The third-order valence-corrected chi connectivity index (χ3v) is 2.90. The van der Waals surface area contributed by atoms with Crippen LogP contribution in [0.2, 0.25) is 0 Å². The van der Waals surface area contributed by atoms with E-state index < -0.39 is 5.97 Å². The van der Waals surface area contributed by atoms with E-state index in [1.807, 2.05) is 0 Å². The Bertz CT molecular complexity index is 426. The average Bonchev–Trinajstić information content (AvgIpc) is 2.44. The molecule has 0 aliphatic heterocycles. The second-order valence-corrected chi connectivity index (χ2v) is 4.55. The molecule has 2 nitrogen and oxygen atoms in total. The van der Waals surface area contributed by atoms with Crippen molar-refractivity contribution in [1.29, 1.82) is 0 Å². The van der Waals surface area contributed by atoms with Crippen molar-refractivity contribution in [3.05, 3.63) is 48.5 Å². The molecule has 0 amide bonds. The molecule has 0 unspecified atom stereocenters. The summed E-state index contributed by atoms with van der Waals surface area (Å²) in [5.74, 6) is -0.675. The van der Waals surface area contributed by atoms with Gasteiger partial charge in [0, 0.05) is 6.42 Å². The van der Waals surface area contributed by atoms with Crippen LogP contribution in [-0.2, 0) is 4.79 Å². The lowest BCUT2D eigenvalue weighted by molar-refractivity contribution is -0.137. The predicted octanol–water partition coefficient (Wildman–Crippen LogP) is 4.88. The van der Waals surface area contributed by atoms with Crippen LogP contribution in [0.15, 0.2) is 48.5 Å². The van der Waals surface area contributed by atoms with E-state index in [1.165, 1.54) is 17.2 Å². The van der Waals surface area contributed by atoms with Crippen molar-refractivity contribution in [3.63, 3.8) is 0 Å². The predicted molar refractivity (Wildman–Crippen MR) is 80.3 cm³/mol. The molecule has 0 saturated heterocycles. The van der Waals surface area contributed by atoms with Gasteiger partial charge in [-0.05, 0) is 17.2 Å². The smallest absolute Gasteiger partial charge is 0.303 e. The molecule has 0 radical (unpaired) electrons. The number of carboxylic acids is 1. The van der Waals surface area contributed by atoms with Crippen LogP contribution in [0.3, 0.4) is 0 Å². The van der Waals surface area contributed by atoms with Crippen LogP contribution in [0, 0.1) is 0 Å². The second kappa shape index (κ2) is 9.15. The number of carbonyl (C=O) groups is 1. The molecule has 0 fully saturated rings. The Labute approximate surface area is 115 Å². The number of hydrogen-bond acceptors (Lipinski definition) is 1. The average molecular weight is 258 g/mol. The number of rotatable bonds is 5. The number of benzene rings is 2. The molecule has 2 aromatic rings. The van der Waals surface area contributed by atoms with Crippen LogP contribution in [0.4, 0.5) is 0 Å². The quantitative estimate of drug-likeness (QED) is 0.776. The number of carboxylic acid groups (broad SMARTS) is 1.